The summed E-state index contributed by atoms with van der Waals surface area (Å²) >= 11 is 0. The zero-order valence-electron chi connectivity index (χ0n) is 24.4. The van der Waals surface area contributed by atoms with Gasteiger partial charge in [-0.1, -0.05) is 34.1 Å². The van der Waals surface area contributed by atoms with Gasteiger partial charge in [0.15, 0.2) is 0 Å². The molecule has 0 aromatic rings. The lowest BCUT2D eigenvalue weighted by Crippen LogP contribution is -2.62. The molecule has 4 rings (SSSR count). The maximum absolute atomic E-state index is 12.9. The Kier molecular flexibility index (Phi) is 9.49. The standard InChI is InChI=1S/C30H53NO7S/c1-5-21-25-18-20(33)10-12-30(25,4)24-11-13-29(3)22(7-8-23(29)27(24)28(21)35)19(2)6-9-26(34)31(14-16-32)15-17-39(36,37)38/h19-25,27-28,32-33,35H,5-18H2,1-4H3,(H,36,37,38)/p-1/t19-,20-,21-,22-,23+,24+,25+,27+,28-,29-,30-/m1/s1. The molecule has 226 valence electrons. The summed E-state index contributed by atoms with van der Waals surface area (Å²) in [6.45, 7) is 8.87. The lowest BCUT2D eigenvalue weighted by atomic mass is 9.41. The van der Waals surface area contributed by atoms with Gasteiger partial charge in [0.2, 0.25) is 5.91 Å². The summed E-state index contributed by atoms with van der Waals surface area (Å²) in [5.74, 6) is 1.76. The van der Waals surface area contributed by atoms with Gasteiger partial charge in [-0.15, -0.1) is 0 Å². The van der Waals surface area contributed by atoms with Gasteiger partial charge < -0.3 is 24.8 Å². The number of hydrogen-bond acceptors (Lipinski definition) is 7. The summed E-state index contributed by atoms with van der Waals surface area (Å²) in [7, 11) is -4.43. The predicted octanol–water partition coefficient (Wildman–Crippen LogP) is 3.40. The van der Waals surface area contributed by atoms with Crippen molar-refractivity contribution in [1.82, 2.24) is 4.90 Å². The Morgan fingerprint density at radius 2 is 1.69 bits per heavy atom. The van der Waals surface area contributed by atoms with Gasteiger partial charge in [-0.3, -0.25) is 4.79 Å². The molecule has 0 unspecified atom stereocenters. The third-order valence-electron chi connectivity index (χ3n) is 12.3. The molecule has 39 heavy (non-hydrogen) atoms. The maximum Gasteiger partial charge on any atom is 0.222 e. The fourth-order valence-electron chi connectivity index (χ4n) is 10.3. The normalized spacial score (nSPS) is 42.8. The van der Waals surface area contributed by atoms with Crippen molar-refractivity contribution in [1.29, 1.82) is 0 Å². The van der Waals surface area contributed by atoms with Gasteiger partial charge in [0.25, 0.3) is 0 Å². The van der Waals surface area contributed by atoms with Gasteiger partial charge in [-0.05, 0) is 104 Å². The van der Waals surface area contributed by atoms with Crippen LogP contribution in [0.2, 0.25) is 0 Å². The van der Waals surface area contributed by atoms with Crippen LogP contribution >= 0.6 is 0 Å². The van der Waals surface area contributed by atoms with E-state index in [-0.39, 0.29) is 66.9 Å². The predicted molar refractivity (Wildman–Crippen MR) is 148 cm³/mol. The van der Waals surface area contributed by atoms with Crippen molar-refractivity contribution in [3.63, 3.8) is 0 Å². The van der Waals surface area contributed by atoms with E-state index in [9.17, 15) is 33.1 Å². The van der Waals surface area contributed by atoms with Crippen LogP contribution in [-0.4, -0.2) is 76.8 Å². The van der Waals surface area contributed by atoms with Crippen LogP contribution in [0.15, 0.2) is 0 Å². The first kappa shape index (κ1) is 31.2. The number of rotatable bonds is 10. The molecule has 1 amide bonds. The Morgan fingerprint density at radius 3 is 2.33 bits per heavy atom. The van der Waals surface area contributed by atoms with Crippen molar-refractivity contribution in [2.24, 2.45) is 52.3 Å². The fourth-order valence-corrected chi connectivity index (χ4v) is 10.8. The van der Waals surface area contributed by atoms with Gasteiger partial charge in [-0.25, -0.2) is 8.42 Å². The molecule has 4 aliphatic carbocycles. The molecule has 0 aromatic carbocycles. The summed E-state index contributed by atoms with van der Waals surface area (Å²) in [6.07, 6.45) is 8.51. The van der Waals surface area contributed by atoms with E-state index in [1.807, 2.05) is 0 Å². The second kappa shape index (κ2) is 11.9. The second-order valence-corrected chi connectivity index (χ2v) is 15.5. The van der Waals surface area contributed by atoms with Gasteiger partial charge in [0.05, 0.1) is 34.7 Å². The monoisotopic (exact) mass is 570 g/mol. The van der Waals surface area contributed by atoms with E-state index in [1.54, 1.807) is 0 Å². The molecule has 0 bridgehead atoms. The molecule has 0 spiro atoms. The minimum atomic E-state index is -4.43. The lowest BCUT2D eigenvalue weighted by Gasteiger charge is -2.64. The molecule has 0 heterocycles. The molecule has 9 heteroatoms. The van der Waals surface area contributed by atoms with Crippen LogP contribution in [0.5, 0.6) is 0 Å². The highest BCUT2D eigenvalue weighted by Gasteiger charge is 2.64. The van der Waals surface area contributed by atoms with E-state index in [0.717, 1.165) is 51.4 Å². The highest BCUT2D eigenvalue weighted by Crippen LogP contribution is 2.69. The fraction of sp³-hybridized carbons (Fsp3) is 0.967. The van der Waals surface area contributed by atoms with Crippen LogP contribution in [0.4, 0.5) is 0 Å². The number of aliphatic hydroxyl groups is 3. The summed E-state index contributed by atoms with van der Waals surface area (Å²) in [6, 6.07) is 0. The first-order chi connectivity index (χ1) is 18.3. The quantitative estimate of drug-likeness (QED) is 0.342. The number of amides is 1. The van der Waals surface area contributed by atoms with Crippen molar-refractivity contribution in [2.75, 3.05) is 25.4 Å². The largest absolute Gasteiger partial charge is 0.748 e. The number of hydrogen-bond donors (Lipinski definition) is 3. The highest BCUT2D eigenvalue weighted by atomic mass is 32.2. The SMILES string of the molecule is CC[C@H]1[C@@H](O)[C@@H]2[C@H](CC[C@]3(C)[C@@H]([C@H](C)CCC(=O)N(CCO)CCS(=O)(=O)[O-])CC[C@@H]23)[C@@]2(C)CC[C@@H](O)C[C@@H]12. The van der Waals surface area contributed by atoms with Gasteiger partial charge in [0, 0.05) is 19.5 Å². The lowest BCUT2D eigenvalue weighted by molar-refractivity contribution is -0.203. The minimum absolute atomic E-state index is 0.0301. The highest BCUT2D eigenvalue weighted by molar-refractivity contribution is 7.85. The molecular formula is C30H52NO7S-. The van der Waals surface area contributed by atoms with Crippen LogP contribution in [0.3, 0.4) is 0 Å². The summed E-state index contributed by atoms with van der Waals surface area (Å²) in [5.41, 5.74) is 0.288. The third kappa shape index (κ3) is 5.95. The number of carbonyl (C=O) groups excluding carboxylic acids is 1. The number of fused-ring (bicyclic) bond motifs is 5. The molecule has 11 atom stereocenters. The van der Waals surface area contributed by atoms with E-state index in [0.29, 0.717) is 36.0 Å². The van der Waals surface area contributed by atoms with Gasteiger partial charge in [-0.2, -0.15) is 0 Å². The zero-order chi connectivity index (χ0) is 28.8. The van der Waals surface area contributed by atoms with Crippen LogP contribution < -0.4 is 0 Å². The van der Waals surface area contributed by atoms with E-state index < -0.39 is 15.9 Å². The van der Waals surface area contributed by atoms with Crippen LogP contribution in [0, 0.1) is 52.3 Å². The van der Waals surface area contributed by atoms with Crippen LogP contribution in [0.1, 0.15) is 91.9 Å². The molecule has 0 radical (unpaired) electrons. The van der Waals surface area contributed by atoms with Crippen molar-refractivity contribution in [3.8, 4) is 0 Å². The molecule has 4 fully saturated rings. The zero-order valence-corrected chi connectivity index (χ0v) is 25.2. The van der Waals surface area contributed by atoms with Crippen molar-refractivity contribution < 1.29 is 33.1 Å². The first-order valence-corrected chi connectivity index (χ1v) is 17.0. The van der Waals surface area contributed by atoms with E-state index in [1.165, 1.54) is 4.90 Å². The van der Waals surface area contributed by atoms with Crippen molar-refractivity contribution >= 4 is 16.0 Å². The molecular weight excluding hydrogens is 518 g/mol. The Labute approximate surface area is 235 Å². The molecule has 0 aromatic heterocycles. The average Bonchev–Trinajstić information content (AvgIpc) is 3.23. The number of aliphatic hydroxyl groups excluding tert-OH is 3. The smallest absolute Gasteiger partial charge is 0.222 e. The van der Waals surface area contributed by atoms with E-state index in [4.69, 9.17) is 0 Å². The van der Waals surface area contributed by atoms with Crippen molar-refractivity contribution in [2.45, 2.75) is 104 Å². The molecule has 0 aliphatic heterocycles. The van der Waals surface area contributed by atoms with Crippen molar-refractivity contribution in [3.05, 3.63) is 0 Å². The second-order valence-electron chi connectivity index (χ2n) is 14.0. The molecule has 8 nitrogen and oxygen atoms in total. The Hall–Kier alpha value is -0.740. The minimum Gasteiger partial charge on any atom is -0.748 e. The molecule has 3 N–H and O–H groups in total. The first-order valence-electron chi connectivity index (χ1n) is 15.4. The molecule has 4 saturated carbocycles. The third-order valence-corrected chi connectivity index (χ3v) is 13.0. The maximum atomic E-state index is 12.9. The van der Waals surface area contributed by atoms with Gasteiger partial charge in [0.1, 0.15) is 0 Å². The summed E-state index contributed by atoms with van der Waals surface area (Å²) in [5, 5.41) is 31.7. The Bertz CT molecular complexity index is 974. The summed E-state index contributed by atoms with van der Waals surface area (Å²) in [4.78, 5) is 14.2. The summed E-state index contributed by atoms with van der Waals surface area (Å²) < 4.78 is 33.2. The Morgan fingerprint density at radius 1 is 1.03 bits per heavy atom. The number of carbonyl (C=O) groups is 1. The molecule has 0 saturated heterocycles. The van der Waals surface area contributed by atoms with E-state index in [2.05, 4.69) is 27.7 Å². The van der Waals surface area contributed by atoms with Crippen LogP contribution in [0.25, 0.3) is 0 Å². The molecule has 4 aliphatic rings. The average molecular weight is 571 g/mol. The van der Waals surface area contributed by atoms with Gasteiger partial charge >= 0.3 is 0 Å². The van der Waals surface area contributed by atoms with E-state index >= 15 is 0 Å². The topological polar surface area (TPSA) is 138 Å². The van der Waals surface area contributed by atoms with Crippen LogP contribution in [-0.2, 0) is 14.9 Å². The number of nitrogens with zero attached hydrogens (tertiary/aromatic N) is 1. The Balaban J connectivity index is 1.45.